The molecule has 0 atom stereocenters. The van der Waals surface area contributed by atoms with E-state index < -0.39 is 11.9 Å². The molecule has 0 saturated heterocycles. The van der Waals surface area contributed by atoms with Gasteiger partial charge in [0.05, 0.1) is 18.0 Å². The lowest BCUT2D eigenvalue weighted by Gasteiger charge is -2.20. The lowest BCUT2D eigenvalue weighted by atomic mass is 10.1. The van der Waals surface area contributed by atoms with Gasteiger partial charge >= 0.3 is 6.18 Å². The minimum absolute atomic E-state index is 0.0990. The van der Waals surface area contributed by atoms with Crippen LogP contribution in [0, 0.1) is 0 Å². The molecule has 0 saturated carbocycles. The maximum Gasteiger partial charge on any atom is 0.398 e. The topological polar surface area (TPSA) is 41.1 Å². The van der Waals surface area contributed by atoms with E-state index in [9.17, 15) is 18.0 Å². The Bertz CT molecular complexity index is 484. The van der Waals surface area contributed by atoms with E-state index in [2.05, 4.69) is 10.6 Å². The first kappa shape index (κ1) is 17.8. The van der Waals surface area contributed by atoms with Gasteiger partial charge in [0.2, 0.25) is 5.91 Å². The predicted molar refractivity (Wildman–Crippen MR) is 79.6 cm³/mol. The molecule has 0 aliphatic heterocycles. The van der Waals surface area contributed by atoms with Crippen LogP contribution in [0.1, 0.15) is 20.8 Å². The first-order valence-corrected chi connectivity index (χ1v) is 7.39. The van der Waals surface area contributed by atoms with Crippen molar-refractivity contribution in [2.24, 2.45) is 0 Å². The Kier molecular flexibility index (Phi) is 6.10. The Balaban J connectivity index is 2.64. The van der Waals surface area contributed by atoms with Crippen molar-refractivity contribution in [3.8, 4) is 0 Å². The number of hydrogen-bond acceptors (Lipinski definition) is 3. The van der Waals surface area contributed by atoms with Gasteiger partial charge in [0.15, 0.2) is 0 Å². The van der Waals surface area contributed by atoms with Gasteiger partial charge in [0.25, 0.3) is 0 Å². The maximum absolute atomic E-state index is 12.3. The van der Waals surface area contributed by atoms with Crippen molar-refractivity contribution in [1.82, 2.24) is 5.32 Å². The number of nitrogens with one attached hydrogen (secondary N) is 2. The van der Waals surface area contributed by atoms with E-state index in [-0.39, 0.29) is 18.0 Å². The van der Waals surface area contributed by atoms with Crippen LogP contribution in [0.25, 0.3) is 0 Å². The van der Waals surface area contributed by atoms with Gasteiger partial charge in [-0.25, -0.2) is 0 Å². The summed E-state index contributed by atoms with van der Waals surface area (Å²) < 4.78 is 36.8. The zero-order chi connectivity index (χ0) is 16.1. The van der Waals surface area contributed by atoms with E-state index in [0.717, 1.165) is 0 Å². The SMILES string of the molecule is CC(C)(C)NCC(=O)Nc1ccccc1SCC(F)(F)F. The molecule has 1 aromatic rings. The quantitative estimate of drug-likeness (QED) is 0.813. The third-order valence-electron chi connectivity index (χ3n) is 2.33. The number of anilines is 1. The maximum atomic E-state index is 12.3. The van der Waals surface area contributed by atoms with Crippen LogP contribution in [-0.4, -0.2) is 29.9 Å². The molecule has 21 heavy (non-hydrogen) atoms. The van der Waals surface area contributed by atoms with Crippen molar-refractivity contribution in [3.63, 3.8) is 0 Å². The van der Waals surface area contributed by atoms with Gasteiger partial charge in [-0.3, -0.25) is 4.79 Å². The average Bonchev–Trinajstić information content (AvgIpc) is 2.33. The molecule has 0 aliphatic carbocycles. The minimum Gasteiger partial charge on any atom is -0.324 e. The van der Waals surface area contributed by atoms with Crippen LogP contribution in [-0.2, 0) is 4.79 Å². The summed E-state index contributed by atoms with van der Waals surface area (Å²) >= 11 is 0.659. The molecule has 3 nitrogen and oxygen atoms in total. The molecule has 1 rings (SSSR count). The summed E-state index contributed by atoms with van der Waals surface area (Å²) in [7, 11) is 0. The second kappa shape index (κ2) is 7.17. The molecule has 1 amide bonds. The molecule has 118 valence electrons. The highest BCUT2D eigenvalue weighted by molar-refractivity contribution is 7.99. The van der Waals surface area contributed by atoms with Crippen molar-refractivity contribution < 1.29 is 18.0 Å². The number of alkyl halides is 3. The van der Waals surface area contributed by atoms with Gasteiger partial charge in [-0.15, -0.1) is 11.8 Å². The van der Waals surface area contributed by atoms with Crippen LogP contribution < -0.4 is 10.6 Å². The summed E-state index contributed by atoms with van der Waals surface area (Å²) in [4.78, 5) is 12.2. The molecule has 0 fully saturated rings. The fourth-order valence-corrected chi connectivity index (χ4v) is 2.16. The number of thioether (sulfide) groups is 1. The Morgan fingerprint density at radius 2 is 1.81 bits per heavy atom. The van der Waals surface area contributed by atoms with Crippen molar-refractivity contribution in [2.45, 2.75) is 37.4 Å². The Labute approximate surface area is 126 Å². The van der Waals surface area contributed by atoms with Crippen LogP contribution in [0.5, 0.6) is 0 Å². The number of hydrogen-bond donors (Lipinski definition) is 2. The van der Waals surface area contributed by atoms with Crippen LogP contribution >= 0.6 is 11.8 Å². The number of para-hydroxylation sites is 1. The van der Waals surface area contributed by atoms with Crippen LogP contribution in [0.15, 0.2) is 29.2 Å². The summed E-state index contributed by atoms with van der Waals surface area (Å²) in [5.41, 5.74) is 0.189. The summed E-state index contributed by atoms with van der Waals surface area (Å²) in [5, 5.41) is 5.65. The summed E-state index contributed by atoms with van der Waals surface area (Å²) in [5.74, 6) is -1.27. The molecule has 1 aromatic carbocycles. The molecule has 2 N–H and O–H groups in total. The van der Waals surface area contributed by atoms with Crippen molar-refractivity contribution in [2.75, 3.05) is 17.6 Å². The van der Waals surface area contributed by atoms with Crippen molar-refractivity contribution >= 4 is 23.4 Å². The number of halogens is 3. The zero-order valence-electron chi connectivity index (χ0n) is 12.2. The smallest absolute Gasteiger partial charge is 0.324 e. The van der Waals surface area contributed by atoms with Gasteiger partial charge in [-0.1, -0.05) is 12.1 Å². The Morgan fingerprint density at radius 3 is 2.38 bits per heavy atom. The Morgan fingerprint density at radius 1 is 1.19 bits per heavy atom. The highest BCUT2D eigenvalue weighted by Crippen LogP contribution is 2.31. The molecule has 0 aliphatic rings. The van der Waals surface area contributed by atoms with Crippen LogP contribution in [0.2, 0.25) is 0 Å². The molecular formula is C14H19F3N2OS. The first-order valence-electron chi connectivity index (χ1n) is 6.40. The molecule has 0 bridgehead atoms. The number of rotatable bonds is 5. The molecular weight excluding hydrogens is 301 g/mol. The van der Waals surface area contributed by atoms with Gasteiger partial charge < -0.3 is 10.6 Å². The fraction of sp³-hybridized carbons (Fsp3) is 0.500. The fourth-order valence-electron chi connectivity index (χ4n) is 1.40. The number of carbonyl (C=O) groups is 1. The minimum atomic E-state index is -4.24. The monoisotopic (exact) mass is 320 g/mol. The van der Waals surface area contributed by atoms with Gasteiger partial charge in [-0.2, -0.15) is 13.2 Å². The molecule has 0 spiro atoms. The second-order valence-electron chi connectivity index (χ2n) is 5.55. The second-order valence-corrected chi connectivity index (χ2v) is 6.57. The molecule has 7 heteroatoms. The van der Waals surface area contributed by atoms with Gasteiger partial charge in [0.1, 0.15) is 0 Å². The van der Waals surface area contributed by atoms with Crippen molar-refractivity contribution in [3.05, 3.63) is 24.3 Å². The highest BCUT2D eigenvalue weighted by atomic mass is 32.2. The summed E-state index contributed by atoms with van der Waals surface area (Å²) in [6.45, 7) is 5.87. The van der Waals surface area contributed by atoms with Crippen molar-refractivity contribution in [1.29, 1.82) is 0 Å². The van der Waals surface area contributed by atoms with Gasteiger partial charge in [-0.05, 0) is 32.9 Å². The normalized spacial score (nSPS) is 12.3. The zero-order valence-corrected chi connectivity index (χ0v) is 13.0. The van der Waals surface area contributed by atoms with Crippen LogP contribution in [0.4, 0.5) is 18.9 Å². The van der Waals surface area contributed by atoms with E-state index in [0.29, 0.717) is 22.3 Å². The highest BCUT2D eigenvalue weighted by Gasteiger charge is 2.27. The van der Waals surface area contributed by atoms with Crippen LogP contribution in [0.3, 0.4) is 0 Å². The molecule has 0 aromatic heterocycles. The van der Waals surface area contributed by atoms with E-state index in [4.69, 9.17) is 0 Å². The number of benzene rings is 1. The lowest BCUT2D eigenvalue weighted by Crippen LogP contribution is -2.41. The van der Waals surface area contributed by atoms with Gasteiger partial charge in [0, 0.05) is 10.4 Å². The van der Waals surface area contributed by atoms with E-state index >= 15 is 0 Å². The van der Waals surface area contributed by atoms with E-state index in [1.54, 1.807) is 24.3 Å². The number of amides is 1. The Hall–Kier alpha value is -1.21. The van der Waals surface area contributed by atoms with E-state index in [1.165, 1.54) is 0 Å². The average molecular weight is 320 g/mol. The third-order valence-corrected chi connectivity index (χ3v) is 3.47. The summed E-state index contributed by atoms with van der Waals surface area (Å²) in [6, 6.07) is 6.46. The van der Waals surface area contributed by atoms with E-state index in [1.807, 2.05) is 20.8 Å². The molecule has 0 heterocycles. The standard InChI is InChI=1S/C14H19F3N2OS/c1-13(2,3)18-8-12(20)19-10-6-4-5-7-11(10)21-9-14(15,16)17/h4-7,18H,8-9H2,1-3H3,(H,19,20). The number of carbonyl (C=O) groups excluding carboxylic acids is 1. The summed E-state index contributed by atoms with van der Waals surface area (Å²) in [6.07, 6.45) is -4.24. The molecule has 0 radical (unpaired) electrons. The largest absolute Gasteiger partial charge is 0.398 e. The lowest BCUT2D eigenvalue weighted by molar-refractivity contribution is -0.115. The third kappa shape index (κ3) is 7.96. The predicted octanol–water partition coefficient (Wildman–Crippen LogP) is 3.67. The molecule has 0 unspecified atom stereocenters. The first-order chi connectivity index (χ1) is 9.57.